The average molecular weight is 309 g/mol. The Kier molecular flexibility index (Phi) is 3.26. The number of aliphatic hydroxyl groups is 2. The zero-order chi connectivity index (χ0) is 15.2. The van der Waals surface area contributed by atoms with Crippen molar-refractivity contribution in [1.29, 1.82) is 0 Å². The maximum Gasteiger partial charge on any atom is 0.179 e. The van der Waals surface area contributed by atoms with Crippen LogP contribution in [0.25, 0.3) is 11.0 Å². The van der Waals surface area contributed by atoms with Gasteiger partial charge in [-0.2, -0.15) is 0 Å². The number of fused-ring (bicyclic) bond motifs is 1. The lowest BCUT2D eigenvalue weighted by Crippen LogP contribution is -2.41. The number of hydrogen-bond acceptors (Lipinski definition) is 6. The summed E-state index contributed by atoms with van der Waals surface area (Å²) in [6.07, 6.45) is 6.89. The van der Waals surface area contributed by atoms with Gasteiger partial charge in [0.05, 0.1) is 17.0 Å². The van der Waals surface area contributed by atoms with Gasteiger partial charge >= 0.3 is 0 Å². The van der Waals surface area contributed by atoms with Crippen LogP contribution in [0.15, 0.2) is 12.5 Å². The van der Waals surface area contributed by atoms with Crippen molar-refractivity contribution in [3.05, 3.63) is 17.5 Å². The van der Waals surface area contributed by atoms with Crippen LogP contribution in [0.4, 0.5) is 5.82 Å². The third kappa shape index (κ3) is 1.96. The number of halogens is 1. The van der Waals surface area contributed by atoms with E-state index >= 15 is 0 Å². The van der Waals surface area contributed by atoms with Crippen molar-refractivity contribution < 1.29 is 14.9 Å². The quantitative estimate of drug-likeness (QED) is 0.689. The molecule has 110 valence electrons. The molecule has 0 radical (unpaired) electrons. The van der Waals surface area contributed by atoms with Gasteiger partial charge in [0.1, 0.15) is 30.1 Å². The first-order valence-electron chi connectivity index (χ1n) is 6.23. The minimum atomic E-state index is -1.42. The molecule has 7 nitrogen and oxygen atoms in total. The van der Waals surface area contributed by atoms with Crippen molar-refractivity contribution in [1.82, 2.24) is 14.5 Å². The molecule has 3 rings (SSSR count). The number of anilines is 1. The summed E-state index contributed by atoms with van der Waals surface area (Å²) in [7, 11) is 0. The Morgan fingerprint density at radius 1 is 1.62 bits per heavy atom. The number of nitrogens with zero attached hydrogens (tertiary/aromatic N) is 3. The summed E-state index contributed by atoms with van der Waals surface area (Å²) >= 11 is 6.15. The van der Waals surface area contributed by atoms with Crippen LogP contribution in [0.3, 0.4) is 0 Å². The van der Waals surface area contributed by atoms with E-state index in [-0.39, 0.29) is 12.2 Å². The second-order valence-electron chi connectivity index (χ2n) is 4.86. The van der Waals surface area contributed by atoms with Gasteiger partial charge in [-0.3, -0.25) is 0 Å². The van der Waals surface area contributed by atoms with E-state index in [0.29, 0.717) is 16.1 Å². The Morgan fingerprint density at radius 3 is 3.00 bits per heavy atom. The second kappa shape index (κ2) is 4.86. The summed E-state index contributed by atoms with van der Waals surface area (Å²) < 4.78 is 7.31. The first kappa shape index (κ1) is 14.1. The zero-order valence-electron chi connectivity index (χ0n) is 10.9. The molecule has 21 heavy (non-hydrogen) atoms. The highest BCUT2D eigenvalue weighted by molar-refractivity contribution is 6.36. The molecule has 1 saturated heterocycles. The van der Waals surface area contributed by atoms with E-state index in [2.05, 4.69) is 15.9 Å². The van der Waals surface area contributed by atoms with E-state index in [0.717, 1.165) is 0 Å². The molecule has 8 heteroatoms. The normalized spacial score (nSPS) is 28.9. The molecule has 3 atom stereocenters. The van der Waals surface area contributed by atoms with E-state index in [9.17, 15) is 10.2 Å². The van der Waals surface area contributed by atoms with Crippen molar-refractivity contribution >= 4 is 28.5 Å². The molecule has 0 unspecified atom stereocenters. The third-order valence-electron chi connectivity index (χ3n) is 3.69. The van der Waals surface area contributed by atoms with Gasteiger partial charge in [0.15, 0.2) is 5.60 Å². The van der Waals surface area contributed by atoms with E-state index in [4.69, 9.17) is 28.5 Å². The number of nitrogens with two attached hydrogens (primary N) is 1. The highest BCUT2D eigenvalue weighted by Gasteiger charge is 2.47. The van der Waals surface area contributed by atoms with Crippen LogP contribution in [-0.2, 0) is 4.74 Å². The maximum atomic E-state index is 10.1. The first-order chi connectivity index (χ1) is 10.0. The molecule has 3 heterocycles. The summed E-state index contributed by atoms with van der Waals surface area (Å²) in [4.78, 5) is 8.03. The van der Waals surface area contributed by atoms with E-state index < -0.39 is 24.5 Å². The smallest absolute Gasteiger partial charge is 0.179 e. The molecule has 2 aromatic rings. The molecular weight excluding hydrogens is 296 g/mol. The van der Waals surface area contributed by atoms with Crippen molar-refractivity contribution in [2.24, 2.45) is 0 Å². The van der Waals surface area contributed by atoms with Crippen LogP contribution in [-0.4, -0.2) is 43.1 Å². The number of ether oxygens (including phenoxy) is 1. The van der Waals surface area contributed by atoms with Gasteiger partial charge < -0.3 is 25.3 Å². The molecule has 2 aromatic heterocycles. The summed E-state index contributed by atoms with van der Waals surface area (Å²) in [6.45, 7) is -0.481. The van der Waals surface area contributed by atoms with Gasteiger partial charge in [-0.1, -0.05) is 17.5 Å². The Hall–Kier alpha value is -1.85. The number of hydrogen-bond donors (Lipinski definition) is 3. The summed E-state index contributed by atoms with van der Waals surface area (Å²) in [5.74, 6) is 2.57. The topological polar surface area (TPSA) is 106 Å². The lowest BCUT2D eigenvalue weighted by Gasteiger charge is -2.23. The molecular formula is C13H13ClN4O3. The fourth-order valence-electron chi connectivity index (χ4n) is 2.52. The van der Waals surface area contributed by atoms with Crippen LogP contribution < -0.4 is 5.73 Å². The van der Waals surface area contributed by atoms with Crippen LogP contribution in [0.1, 0.15) is 12.6 Å². The largest absolute Gasteiger partial charge is 0.392 e. The highest BCUT2D eigenvalue weighted by atomic mass is 35.5. The predicted octanol–water partition coefficient (Wildman–Crippen LogP) is 0.311. The fourth-order valence-corrected chi connectivity index (χ4v) is 2.81. The zero-order valence-corrected chi connectivity index (χ0v) is 11.7. The van der Waals surface area contributed by atoms with Crippen molar-refractivity contribution in [2.45, 2.75) is 24.4 Å². The fraction of sp³-hybridized carbons (Fsp3) is 0.385. The van der Waals surface area contributed by atoms with Gasteiger partial charge in [-0.25, -0.2) is 9.97 Å². The Bertz CT molecular complexity index is 741. The lowest BCUT2D eigenvalue weighted by molar-refractivity contribution is -0.0890. The number of aliphatic hydroxyl groups excluding tert-OH is 2. The molecule has 1 aliphatic heterocycles. The van der Waals surface area contributed by atoms with Crippen molar-refractivity contribution in [3.63, 3.8) is 0 Å². The van der Waals surface area contributed by atoms with Gasteiger partial charge in [0.25, 0.3) is 0 Å². The monoisotopic (exact) mass is 308 g/mol. The van der Waals surface area contributed by atoms with E-state index in [1.54, 1.807) is 10.8 Å². The van der Waals surface area contributed by atoms with Crippen LogP contribution in [0, 0.1) is 12.3 Å². The third-order valence-corrected chi connectivity index (χ3v) is 3.98. The molecule has 0 aromatic carbocycles. The number of terminal acetylenes is 1. The number of nitrogen functional groups attached to an aromatic ring is 1. The van der Waals surface area contributed by atoms with Crippen molar-refractivity contribution in [2.75, 3.05) is 12.3 Å². The standard InChI is InChI=1S/C13H13ClN4O3/c1-2-13(5-19)8(20)3-9(21-13)18-4-7(14)10-11(15)16-6-17-12(10)18/h1,4,6,8-9,19-20H,3,5H2,(H2,15,16,17)/t8-,9+,13+/m0/s1. The van der Waals surface area contributed by atoms with E-state index in [1.165, 1.54) is 6.33 Å². The number of aromatic nitrogens is 3. The molecule has 1 fully saturated rings. The van der Waals surface area contributed by atoms with Gasteiger partial charge in [-0.15, -0.1) is 6.42 Å². The average Bonchev–Trinajstić information content (AvgIpc) is 2.98. The van der Waals surface area contributed by atoms with Crippen molar-refractivity contribution in [3.8, 4) is 12.3 Å². The predicted molar refractivity (Wildman–Crippen MR) is 76.3 cm³/mol. The molecule has 1 aliphatic rings. The van der Waals surface area contributed by atoms with Gasteiger partial charge in [0.2, 0.25) is 0 Å². The number of rotatable bonds is 2. The van der Waals surface area contributed by atoms with Gasteiger partial charge in [0, 0.05) is 12.6 Å². The van der Waals surface area contributed by atoms with Crippen LogP contribution in [0.2, 0.25) is 5.02 Å². The SMILES string of the molecule is C#C[C@]1(CO)O[C@@H](n2cc(Cl)c3c(N)ncnc32)C[C@@H]1O. The van der Waals surface area contributed by atoms with E-state index in [1.807, 2.05) is 0 Å². The lowest BCUT2D eigenvalue weighted by atomic mass is 9.99. The minimum absolute atomic E-state index is 0.203. The highest BCUT2D eigenvalue weighted by Crippen LogP contribution is 2.39. The minimum Gasteiger partial charge on any atom is -0.392 e. The second-order valence-corrected chi connectivity index (χ2v) is 5.26. The molecule has 0 bridgehead atoms. The van der Waals surface area contributed by atoms with Crippen LogP contribution in [0.5, 0.6) is 0 Å². The maximum absolute atomic E-state index is 10.1. The molecule has 0 aliphatic carbocycles. The first-order valence-corrected chi connectivity index (χ1v) is 6.61. The van der Waals surface area contributed by atoms with Crippen LogP contribution >= 0.6 is 11.6 Å². The summed E-state index contributed by atoms with van der Waals surface area (Å²) in [6, 6.07) is 0. The van der Waals surface area contributed by atoms with Gasteiger partial charge in [-0.05, 0) is 0 Å². The molecule has 0 amide bonds. The Labute approximate surface area is 125 Å². The summed E-state index contributed by atoms with van der Waals surface area (Å²) in [5, 5.41) is 20.4. The Balaban J connectivity index is 2.08. The molecule has 0 spiro atoms. The Morgan fingerprint density at radius 2 is 2.38 bits per heavy atom. The molecule has 4 N–H and O–H groups in total. The molecule has 0 saturated carbocycles. The summed E-state index contributed by atoms with van der Waals surface area (Å²) in [5.41, 5.74) is 4.85.